The standard InChI is InChI=1S/C44H61N7O17.C26H48N4O17.C6H7N.CH4/c1-19(56)48-26-18-62-28(15-53)39(34(26)57)66-43-32(47)37(60)40(29(16-54)64-43)68-44-33(38(61)41(30(17-55)65-44)67-42-31(46)36(59)35(58)27(14-52)63-42)51-25-12-10-24(11-13-25)50-23-8-6-22(7-9-23)49-21-4-2-20(45)3-5-21;1-7(35)30-8-6-41-10(3-32)21(16(8)36)45-25-14(28)19(39)23(12(5-34)43-25)47-26-15(29)20(40)22(11(4-33)44-26)46-24-13(27)18(38)17(37)9(2-31)42-24;7-6-4-2-1-3-5-6;/h2-13,26-44,49,52-55,57-61H,14-18,45-47H2,1H3,(H,48,56);8-26,31-34,36-40H,2-6,27-29H2,1H3,(H,30,35);1-5H,7H2;1H4. The van der Waals surface area contributed by atoms with Crippen LogP contribution in [-0.4, -0.2) is 414 Å². The summed E-state index contributed by atoms with van der Waals surface area (Å²) in [6, 6.07) is 13.9. The van der Waals surface area contributed by atoms with E-state index in [4.69, 9.17) is 111 Å². The molecule has 8 fully saturated rings. The lowest BCUT2D eigenvalue weighted by Crippen LogP contribution is -2.70. The number of amides is 2. The molecule has 692 valence electrons. The molecule has 3 aromatic rings. The number of carbonyl (C=O) groups is 2. The van der Waals surface area contributed by atoms with Gasteiger partial charge in [0.15, 0.2) is 37.7 Å². The summed E-state index contributed by atoms with van der Waals surface area (Å²) in [5, 5.41) is 198. The second-order valence-corrected chi connectivity index (χ2v) is 30.4. The first-order valence-corrected chi connectivity index (χ1v) is 39.4. The Morgan fingerprint density at radius 2 is 0.659 bits per heavy atom. The number of nitrogens with two attached hydrogens (primary N) is 7. The van der Waals surface area contributed by atoms with E-state index in [1.165, 1.54) is 13.8 Å². The third kappa shape index (κ3) is 24.6. The quantitative estimate of drug-likeness (QED) is 0.0262. The van der Waals surface area contributed by atoms with Crippen LogP contribution in [0, 0.1) is 0 Å². The number of carbonyl (C=O) groups excluding carboxylic acids is 2. The third-order valence-corrected chi connectivity index (χ3v) is 21.7. The molecule has 46 nitrogen and oxygen atoms in total. The molecule has 8 aliphatic heterocycles. The Labute approximate surface area is 706 Å². The Morgan fingerprint density at radius 3 is 0.992 bits per heavy atom. The third-order valence-electron chi connectivity index (χ3n) is 21.7. The number of benzene rings is 3. The molecular weight excluding hydrogens is 1640 g/mol. The van der Waals surface area contributed by atoms with Crippen LogP contribution in [0.4, 0.5) is 28.4 Å². The number of ether oxygens (including phenoxy) is 14. The van der Waals surface area contributed by atoms with Crippen molar-refractivity contribution in [3.8, 4) is 0 Å². The number of hydrogen-bond donors (Lipinski definition) is 28. The summed E-state index contributed by atoms with van der Waals surface area (Å²) in [4.78, 5) is 32.7. The second-order valence-electron chi connectivity index (χ2n) is 30.4. The van der Waals surface area contributed by atoms with Crippen LogP contribution >= 0.6 is 0 Å². The summed E-state index contributed by atoms with van der Waals surface area (Å²) in [7, 11) is 0. The van der Waals surface area contributed by atoms with Crippen molar-refractivity contribution in [3.05, 3.63) is 103 Å². The van der Waals surface area contributed by atoms with Crippen LogP contribution in [0.15, 0.2) is 113 Å². The van der Waals surface area contributed by atoms with Crippen molar-refractivity contribution in [2.45, 2.75) is 254 Å². The molecule has 0 bridgehead atoms. The molecule has 0 aromatic heterocycles. The summed E-state index contributed by atoms with van der Waals surface area (Å²) in [5.41, 5.74) is 46.7. The van der Waals surface area contributed by atoms with Crippen molar-refractivity contribution in [1.82, 2.24) is 10.6 Å². The van der Waals surface area contributed by atoms with Gasteiger partial charge in [-0.1, -0.05) is 25.6 Å². The number of aliphatic hydroxyl groups is 18. The molecule has 2 amide bonds. The first-order chi connectivity index (χ1) is 58.3. The Kier molecular flexibility index (Phi) is 37.7. The summed E-state index contributed by atoms with van der Waals surface area (Å²) in [5.74, 6) is -0.911. The maximum absolute atomic E-state index is 12.1. The highest BCUT2D eigenvalue weighted by atomic mass is 16.8. The van der Waals surface area contributed by atoms with E-state index in [0.29, 0.717) is 17.1 Å². The van der Waals surface area contributed by atoms with E-state index in [1.54, 1.807) is 36.4 Å². The zero-order valence-electron chi connectivity index (χ0n) is 66.3. The summed E-state index contributed by atoms with van der Waals surface area (Å²) >= 11 is 0. The molecule has 46 heteroatoms. The molecule has 38 atom stereocenters. The molecule has 8 heterocycles. The van der Waals surface area contributed by atoms with Crippen LogP contribution in [0.5, 0.6) is 0 Å². The van der Waals surface area contributed by atoms with Gasteiger partial charge in [0.25, 0.3) is 0 Å². The first-order valence-electron chi connectivity index (χ1n) is 39.4. The van der Waals surface area contributed by atoms with E-state index in [2.05, 4.69) is 20.9 Å². The highest BCUT2D eigenvalue weighted by Gasteiger charge is 2.58. The van der Waals surface area contributed by atoms with Crippen molar-refractivity contribution in [1.29, 1.82) is 0 Å². The van der Waals surface area contributed by atoms with Gasteiger partial charge in [-0.25, -0.2) is 4.99 Å². The number of hydrogen-bond acceptors (Lipinski definition) is 44. The Hall–Kier alpha value is -6.66. The minimum absolute atomic E-state index is 0. The van der Waals surface area contributed by atoms with Crippen LogP contribution in [0.25, 0.3) is 0 Å². The number of nitrogen functional groups attached to an aromatic ring is 2. The topological polar surface area (TPSA) is 770 Å². The van der Waals surface area contributed by atoms with Gasteiger partial charge >= 0.3 is 0 Å². The van der Waals surface area contributed by atoms with Gasteiger partial charge in [-0.15, -0.1) is 0 Å². The second kappa shape index (κ2) is 46.4. The minimum Gasteiger partial charge on any atom is -0.399 e. The van der Waals surface area contributed by atoms with Gasteiger partial charge in [0.05, 0.1) is 125 Å². The van der Waals surface area contributed by atoms with E-state index in [1.807, 2.05) is 66.7 Å². The molecule has 1 aliphatic carbocycles. The summed E-state index contributed by atoms with van der Waals surface area (Å²) in [6.45, 7) is -3.48. The lowest BCUT2D eigenvalue weighted by Gasteiger charge is -2.49. The van der Waals surface area contributed by atoms with Crippen molar-refractivity contribution < 1.29 is 168 Å². The van der Waals surface area contributed by atoms with Crippen molar-refractivity contribution in [3.63, 3.8) is 0 Å². The van der Waals surface area contributed by atoms with Crippen LogP contribution in [0.1, 0.15) is 21.3 Å². The summed E-state index contributed by atoms with van der Waals surface area (Å²) < 4.78 is 81.6. The van der Waals surface area contributed by atoms with Gasteiger partial charge in [0.1, 0.15) is 153 Å². The van der Waals surface area contributed by atoms with E-state index < -0.39 is 297 Å². The number of para-hydroxylation sites is 1. The average molecular weight is 1760 g/mol. The number of nitrogens with zero attached hydrogens (tertiary/aromatic N) is 2. The molecular formula is C77H120N12O34. The molecule has 38 unspecified atom stereocenters. The highest BCUT2D eigenvalue weighted by Crippen LogP contribution is 2.38. The van der Waals surface area contributed by atoms with Gasteiger partial charge in [-0.2, -0.15) is 0 Å². The molecule has 0 radical (unpaired) electrons. The van der Waals surface area contributed by atoms with Gasteiger partial charge in [0.2, 0.25) is 11.8 Å². The predicted octanol–water partition coefficient (Wildman–Crippen LogP) is -11.4. The molecule has 8 saturated heterocycles. The van der Waals surface area contributed by atoms with E-state index in [0.717, 1.165) is 17.1 Å². The average Bonchev–Trinajstić information content (AvgIpc) is 0.773. The number of rotatable bonds is 26. The Bertz CT molecular complexity index is 3820. The van der Waals surface area contributed by atoms with Gasteiger partial charge in [0, 0.05) is 36.6 Å². The monoisotopic (exact) mass is 1760 g/mol. The first kappa shape index (κ1) is 100. The molecule has 35 N–H and O–H groups in total. The molecule has 12 rings (SSSR count). The molecule has 9 aliphatic rings. The SMILES string of the molecule is C.CC(=O)NC1COC(CO)C(OC2OC(CO)C(OC3OC(CO)C(OC4OC(CO)C(O)C(O)C4N)C(O)C3N)C(O)C2N)C1O.CC(=O)NC1COC(CO)C(OC2OC(CO)C(OC3OC(CO)C(OC4OC(CO)C(O)C(O)C4N)C(O)C3N=C3C=CC(=Nc4ccc(Nc5ccc(N)cc5)cc4)C=C3)C(O)C2N)C1O.Nc1ccccc1. The summed E-state index contributed by atoms with van der Waals surface area (Å²) in [6.07, 6.45) is -37.3. The lowest BCUT2D eigenvalue weighted by atomic mass is 9.93. The number of aliphatic imine (C=N–C) groups is 2. The van der Waals surface area contributed by atoms with Crippen LogP contribution in [0.3, 0.4) is 0 Å². The number of nitrogens with one attached hydrogen (secondary N) is 3. The molecule has 0 saturated carbocycles. The lowest BCUT2D eigenvalue weighted by molar-refractivity contribution is -0.355. The fraction of sp³-hybridized carbons (Fsp3) is 0.662. The Balaban J connectivity index is 0.000000270. The van der Waals surface area contributed by atoms with Crippen molar-refractivity contribution in [2.24, 2.45) is 38.7 Å². The largest absolute Gasteiger partial charge is 0.399 e. The van der Waals surface area contributed by atoms with E-state index in [9.17, 15) is 102 Å². The number of aliphatic hydroxyl groups excluding tert-OH is 18. The minimum atomic E-state index is -1.73. The van der Waals surface area contributed by atoms with Crippen LogP contribution in [-0.2, 0) is 75.9 Å². The zero-order valence-corrected chi connectivity index (χ0v) is 66.3. The van der Waals surface area contributed by atoms with Gasteiger partial charge in [-0.05, 0) is 85.0 Å². The van der Waals surface area contributed by atoms with Crippen molar-refractivity contribution in [2.75, 3.05) is 82.9 Å². The molecule has 3 aromatic carbocycles. The van der Waals surface area contributed by atoms with E-state index >= 15 is 0 Å². The maximum atomic E-state index is 12.1. The highest BCUT2D eigenvalue weighted by molar-refractivity contribution is 6.19. The number of allylic oxidation sites excluding steroid dienone is 4. The fourth-order valence-corrected chi connectivity index (χ4v) is 14.9. The number of anilines is 4. The fourth-order valence-electron chi connectivity index (χ4n) is 14.9. The zero-order chi connectivity index (χ0) is 88.7. The predicted molar refractivity (Wildman–Crippen MR) is 427 cm³/mol. The van der Waals surface area contributed by atoms with Crippen molar-refractivity contribution >= 4 is 51.7 Å². The van der Waals surface area contributed by atoms with Gasteiger partial charge < -0.3 is 214 Å². The molecule has 123 heavy (non-hydrogen) atoms. The van der Waals surface area contributed by atoms with Crippen LogP contribution < -0.4 is 56.1 Å². The smallest absolute Gasteiger partial charge is 0.217 e. The molecule has 0 spiro atoms. The van der Waals surface area contributed by atoms with Gasteiger partial charge in [-0.3, -0.25) is 14.6 Å². The Morgan fingerprint density at radius 1 is 0.366 bits per heavy atom. The normalized spacial score (nSPS) is 40.7. The van der Waals surface area contributed by atoms with Crippen LogP contribution in [0.2, 0.25) is 0 Å². The van der Waals surface area contributed by atoms with E-state index in [-0.39, 0.29) is 26.4 Å². The maximum Gasteiger partial charge on any atom is 0.217 e.